The van der Waals surface area contributed by atoms with Crippen LogP contribution in [0.2, 0.25) is 0 Å². The van der Waals surface area contributed by atoms with Gasteiger partial charge in [-0.05, 0) is 19.4 Å². The molecule has 1 amide bonds. The zero-order valence-corrected chi connectivity index (χ0v) is 17.3. The summed E-state index contributed by atoms with van der Waals surface area (Å²) in [5.41, 5.74) is 0.963. The van der Waals surface area contributed by atoms with Gasteiger partial charge >= 0.3 is 0 Å². The van der Waals surface area contributed by atoms with Crippen LogP contribution >= 0.6 is 11.3 Å². The molecule has 0 spiro atoms. The Balaban J connectivity index is 1.52. The molecule has 2 aromatic rings. The number of anilines is 1. The van der Waals surface area contributed by atoms with Crippen molar-refractivity contribution >= 4 is 33.3 Å². The molecule has 8 nitrogen and oxygen atoms in total. The molecular formula is C19H27N5O3S. The summed E-state index contributed by atoms with van der Waals surface area (Å²) < 4.78 is 10.8. The average Bonchev–Trinajstić information content (AvgIpc) is 3.05. The number of carbonyl (C=O) groups excluding carboxylic acids is 1. The van der Waals surface area contributed by atoms with E-state index in [1.807, 2.05) is 13.8 Å². The third-order valence-corrected chi connectivity index (χ3v) is 6.40. The number of aryl methyl sites for hydroxylation is 2. The minimum absolute atomic E-state index is 0.0284. The van der Waals surface area contributed by atoms with Crippen molar-refractivity contribution < 1.29 is 14.3 Å². The third kappa shape index (κ3) is 4.12. The number of amides is 1. The van der Waals surface area contributed by atoms with E-state index in [-0.39, 0.29) is 5.91 Å². The molecule has 0 bridgehead atoms. The lowest BCUT2D eigenvalue weighted by Gasteiger charge is -2.28. The zero-order valence-electron chi connectivity index (χ0n) is 16.5. The number of rotatable bonds is 5. The number of carbonyl (C=O) groups is 1. The van der Waals surface area contributed by atoms with Crippen LogP contribution in [-0.4, -0.2) is 86.5 Å². The van der Waals surface area contributed by atoms with Crippen molar-refractivity contribution in [3.8, 4) is 0 Å². The summed E-state index contributed by atoms with van der Waals surface area (Å²) in [4.78, 5) is 28.3. The monoisotopic (exact) mass is 405 g/mol. The van der Waals surface area contributed by atoms with Crippen LogP contribution in [0.4, 0.5) is 5.82 Å². The summed E-state index contributed by atoms with van der Waals surface area (Å²) in [6, 6.07) is 0. The van der Waals surface area contributed by atoms with E-state index in [1.165, 1.54) is 11.3 Å². The molecule has 0 atom stereocenters. The van der Waals surface area contributed by atoms with Gasteiger partial charge in [0, 0.05) is 39.3 Å². The Morgan fingerprint density at radius 3 is 2.46 bits per heavy atom. The maximum absolute atomic E-state index is 12.8. The summed E-state index contributed by atoms with van der Waals surface area (Å²) in [7, 11) is 0. The van der Waals surface area contributed by atoms with Gasteiger partial charge in [0.2, 0.25) is 0 Å². The van der Waals surface area contributed by atoms with E-state index in [9.17, 15) is 4.79 Å². The second-order valence-electron chi connectivity index (χ2n) is 7.14. The second kappa shape index (κ2) is 8.69. The molecule has 0 aromatic carbocycles. The Bertz CT molecular complexity index is 844. The fourth-order valence-corrected chi connectivity index (χ4v) is 4.81. The van der Waals surface area contributed by atoms with Crippen molar-refractivity contribution in [2.45, 2.75) is 13.8 Å². The van der Waals surface area contributed by atoms with Crippen molar-refractivity contribution in [3.05, 3.63) is 16.3 Å². The first-order chi connectivity index (χ1) is 13.6. The molecule has 0 radical (unpaired) electrons. The number of hydrogen-bond acceptors (Lipinski definition) is 8. The van der Waals surface area contributed by atoms with Crippen molar-refractivity contribution in [1.29, 1.82) is 0 Å². The van der Waals surface area contributed by atoms with Crippen molar-refractivity contribution in [3.63, 3.8) is 0 Å². The molecule has 0 aliphatic carbocycles. The minimum atomic E-state index is -0.0284. The average molecular weight is 406 g/mol. The number of nitrogens with zero attached hydrogens (tertiary/aromatic N) is 4. The Kier molecular flexibility index (Phi) is 6.05. The summed E-state index contributed by atoms with van der Waals surface area (Å²) in [5, 5.41) is 4.07. The van der Waals surface area contributed by atoms with Crippen LogP contribution < -0.4 is 10.2 Å². The number of hydrogen-bond donors (Lipinski definition) is 1. The smallest absolute Gasteiger partial charge is 0.261 e. The largest absolute Gasteiger partial charge is 0.379 e. The number of morpholine rings is 2. The van der Waals surface area contributed by atoms with E-state index in [0.717, 1.165) is 78.2 Å². The second-order valence-corrected chi connectivity index (χ2v) is 8.14. The van der Waals surface area contributed by atoms with Crippen molar-refractivity contribution in [2.24, 2.45) is 0 Å². The topological polar surface area (TPSA) is 79.8 Å². The molecule has 28 heavy (non-hydrogen) atoms. The minimum Gasteiger partial charge on any atom is -0.379 e. The molecule has 0 unspecified atom stereocenters. The number of nitrogens with one attached hydrogen (secondary N) is 1. The number of ether oxygens (including phenoxy) is 2. The van der Waals surface area contributed by atoms with Gasteiger partial charge in [0.1, 0.15) is 16.5 Å². The fraction of sp³-hybridized carbons (Fsp3) is 0.632. The highest BCUT2D eigenvalue weighted by Gasteiger charge is 2.23. The van der Waals surface area contributed by atoms with Gasteiger partial charge in [-0.3, -0.25) is 9.69 Å². The van der Waals surface area contributed by atoms with E-state index in [0.29, 0.717) is 19.8 Å². The summed E-state index contributed by atoms with van der Waals surface area (Å²) in [5.74, 6) is 1.63. The highest BCUT2D eigenvalue weighted by Crippen LogP contribution is 2.35. The quantitative estimate of drug-likeness (QED) is 0.801. The third-order valence-electron chi connectivity index (χ3n) is 5.22. The van der Waals surface area contributed by atoms with Gasteiger partial charge in [0.15, 0.2) is 0 Å². The molecule has 2 fully saturated rings. The molecule has 2 aliphatic heterocycles. The lowest BCUT2D eigenvalue weighted by atomic mass is 10.2. The molecule has 2 saturated heterocycles. The normalized spacial score (nSPS) is 18.6. The van der Waals surface area contributed by atoms with Crippen LogP contribution in [0.1, 0.15) is 21.1 Å². The van der Waals surface area contributed by atoms with Gasteiger partial charge in [-0.15, -0.1) is 11.3 Å². The predicted molar refractivity (Wildman–Crippen MR) is 110 cm³/mol. The van der Waals surface area contributed by atoms with Crippen molar-refractivity contribution in [2.75, 3.05) is 70.6 Å². The lowest BCUT2D eigenvalue weighted by molar-refractivity contribution is 0.0383. The summed E-state index contributed by atoms with van der Waals surface area (Å²) >= 11 is 1.46. The van der Waals surface area contributed by atoms with Crippen LogP contribution in [0, 0.1) is 13.8 Å². The predicted octanol–water partition coefficient (Wildman–Crippen LogP) is 1.21. The molecule has 0 saturated carbocycles. The highest BCUT2D eigenvalue weighted by atomic mass is 32.1. The maximum atomic E-state index is 12.8. The van der Waals surface area contributed by atoms with Gasteiger partial charge < -0.3 is 19.7 Å². The van der Waals surface area contributed by atoms with Crippen LogP contribution in [0.5, 0.6) is 0 Å². The molecule has 2 aliphatic rings. The lowest BCUT2D eigenvalue weighted by Crippen LogP contribution is -2.41. The van der Waals surface area contributed by atoms with E-state index < -0.39 is 0 Å². The highest BCUT2D eigenvalue weighted by molar-refractivity contribution is 7.20. The van der Waals surface area contributed by atoms with Gasteiger partial charge in [-0.25, -0.2) is 9.97 Å². The number of fused-ring (bicyclic) bond motifs is 1. The van der Waals surface area contributed by atoms with Gasteiger partial charge in [0.25, 0.3) is 5.91 Å². The van der Waals surface area contributed by atoms with E-state index in [1.54, 1.807) is 0 Å². The van der Waals surface area contributed by atoms with Gasteiger partial charge in [-0.2, -0.15) is 0 Å². The fourth-order valence-electron chi connectivity index (χ4n) is 3.67. The van der Waals surface area contributed by atoms with Crippen LogP contribution in [-0.2, 0) is 9.47 Å². The van der Waals surface area contributed by atoms with Gasteiger partial charge in [0.05, 0.1) is 36.7 Å². The number of aromatic nitrogens is 2. The summed E-state index contributed by atoms with van der Waals surface area (Å²) in [6.07, 6.45) is 0. The standard InChI is InChI=1S/C19H27N5O3S/c1-13-15-17(24-7-11-27-12-8-24)21-14(2)22-19(15)28-16(13)18(25)20-3-4-23-5-9-26-10-6-23/h3-12H2,1-2H3,(H,20,25). The van der Waals surface area contributed by atoms with Gasteiger partial charge in [-0.1, -0.05) is 0 Å². The molecular weight excluding hydrogens is 378 g/mol. The van der Waals surface area contributed by atoms with Crippen LogP contribution in [0.15, 0.2) is 0 Å². The SMILES string of the molecule is Cc1nc(N2CCOCC2)c2c(C)c(C(=O)NCCN3CCOCC3)sc2n1. The first kappa shape index (κ1) is 19.5. The molecule has 2 aromatic heterocycles. The molecule has 152 valence electrons. The zero-order chi connectivity index (χ0) is 19.5. The first-order valence-corrected chi connectivity index (χ1v) is 10.6. The molecule has 1 N–H and O–H groups in total. The molecule has 9 heteroatoms. The Hall–Kier alpha value is -1.81. The van der Waals surface area contributed by atoms with E-state index in [2.05, 4.69) is 20.1 Å². The Labute approximate surface area is 168 Å². The van der Waals surface area contributed by atoms with E-state index in [4.69, 9.17) is 14.5 Å². The van der Waals surface area contributed by atoms with E-state index >= 15 is 0 Å². The molecule has 4 rings (SSSR count). The number of thiophene rings is 1. The summed E-state index contributed by atoms with van der Waals surface area (Å²) in [6.45, 7) is 11.8. The Morgan fingerprint density at radius 1 is 1.07 bits per heavy atom. The Morgan fingerprint density at radius 2 is 1.75 bits per heavy atom. The first-order valence-electron chi connectivity index (χ1n) is 9.82. The van der Waals surface area contributed by atoms with Crippen LogP contribution in [0.3, 0.4) is 0 Å². The molecule has 4 heterocycles. The van der Waals surface area contributed by atoms with Crippen LogP contribution in [0.25, 0.3) is 10.2 Å². The van der Waals surface area contributed by atoms with Crippen molar-refractivity contribution in [1.82, 2.24) is 20.2 Å². The maximum Gasteiger partial charge on any atom is 0.261 e.